The lowest BCUT2D eigenvalue weighted by Crippen LogP contribution is -2.45. The summed E-state index contributed by atoms with van der Waals surface area (Å²) in [6, 6.07) is 19.0. The van der Waals surface area contributed by atoms with Crippen molar-refractivity contribution in [3.8, 4) is 5.69 Å². The molecule has 1 fully saturated rings. The number of piperazine rings is 1. The Labute approximate surface area is 219 Å². The van der Waals surface area contributed by atoms with E-state index in [-0.39, 0.29) is 5.41 Å². The fourth-order valence-electron chi connectivity index (χ4n) is 6.08. The van der Waals surface area contributed by atoms with Crippen molar-refractivity contribution in [2.75, 3.05) is 45.2 Å². The Morgan fingerprint density at radius 2 is 1.58 bits per heavy atom. The fraction of sp³-hybridized carbons (Fsp3) is 0.357. The number of para-hydroxylation sites is 2. The number of nitrogens with zero attached hydrogens (tertiary/aromatic N) is 6. The van der Waals surface area contributed by atoms with Crippen LogP contribution in [0.1, 0.15) is 25.1 Å². The molecule has 1 unspecified atom stereocenters. The van der Waals surface area contributed by atoms with E-state index in [1.54, 1.807) is 0 Å². The van der Waals surface area contributed by atoms with Gasteiger partial charge >= 0.3 is 0 Å². The van der Waals surface area contributed by atoms with Gasteiger partial charge in [-0.2, -0.15) is 5.10 Å². The first kappa shape index (κ1) is 23.8. The molecule has 3 aliphatic rings. The number of fused-ring (bicyclic) bond motifs is 2. The second-order valence-electron chi connectivity index (χ2n) is 10.5. The molecule has 3 aromatic rings. The second kappa shape index (κ2) is 8.49. The summed E-state index contributed by atoms with van der Waals surface area (Å²) in [5, 5.41) is 7.37. The van der Waals surface area contributed by atoms with Crippen LogP contribution < -0.4 is 10.2 Å². The van der Waals surface area contributed by atoms with Crippen LogP contribution in [0, 0.1) is 6.92 Å². The first-order valence-corrected chi connectivity index (χ1v) is 15.3. The molecule has 3 aliphatic heterocycles. The van der Waals surface area contributed by atoms with E-state index in [9.17, 15) is 0 Å². The molecule has 36 heavy (non-hydrogen) atoms. The smallest absolute Gasteiger partial charge is 0.165 e. The van der Waals surface area contributed by atoms with E-state index >= 15 is 0 Å². The van der Waals surface area contributed by atoms with Crippen molar-refractivity contribution < 1.29 is 0 Å². The van der Waals surface area contributed by atoms with Gasteiger partial charge in [-0.3, -0.25) is 4.67 Å². The van der Waals surface area contributed by atoms with Crippen LogP contribution in [0.25, 0.3) is 5.69 Å². The normalized spacial score (nSPS) is 25.8. The quantitative estimate of drug-likeness (QED) is 0.458. The number of aryl methyl sites for hydroxylation is 1. The van der Waals surface area contributed by atoms with Gasteiger partial charge in [0.2, 0.25) is 0 Å². The lowest BCUT2D eigenvalue weighted by Gasteiger charge is -2.43. The van der Waals surface area contributed by atoms with Crippen LogP contribution in [0.4, 0.5) is 11.5 Å². The van der Waals surface area contributed by atoms with Crippen molar-refractivity contribution in [2.45, 2.75) is 26.2 Å². The molecule has 0 spiro atoms. The molecule has 0 aliphatic carbocycles. The lowest BCUT2D eigenvalue weighted by molar-refractivity contribution is 0.229. The molecule has 0 amide bonds. The number of likely N-dealkylation sites (N-methyl/N-ethyl adjacent to an activating group) is 2. The Kier molecular flexibility index (Phi) is 5.61. The number of hydrogen-bond acceptors (Lipinski definition) is 5. The summed E-state index contributed by atoms with van der Waals surface area (Å²) in [5.41, 5.74) is 5.69. The highest BCUT2D eigenvalue weighted by molar-refractivity contribution is 8.19. The summed E-state index contributed by atoms with van der Waals surface area (Å²) in [5.74, 6) is 0.890. The van der Waals surface area contributed by atoms with Crippen LogP contribution in [0.15, 0.2) is 70.6 Å². The van der Waals surface area contributed by atoms with E-state index < -0.39 is 6.19 Å². The van der Waals surface area contributed by atoms with Crippen molar-refractivity contribution >= 4 is 41.0 Å². The molecule has 2 aromatic carbocycles. The minimum absolute atomic E-state index is 0.176. The number of aliphatic imine (C=N–C) groups is 1. The maximum atomic E-state index is 6.93. The first-order chi connectivity index (χ1) is 17.2. The number of anilines is 1. The summed E-state index contributed by atoms with van der Waals surface area (Å²) >= 11 is 6.93. The molecule has 6 rings (SSSR count). The van der Waals surface area contributed by atoms with E-state index in [0.717, 1.165) is 48.7 Å². The van der Waals surface area contributed by atoms with Crippen molar-refractivity contribution in [1.29, 1.82) is 0 Å². The number of benzene rings is 2. The standard InChI is InChI=1S/C28H33N6PS/c1-20-25-27(34(30-20)21-11-7-6-8-12-21)29-19-24(35(25,36)33-17-15-31(4)16-18-33)26-28(2,3)22-13-9-10-14-23(22)32(26)5/h6-14,19H,15-18H2,1-5H3/b26-24+. The highest BCUT2D eigenvalue weighted by atomic mass is 32.4. The molecule has 0 N–H and O–H groups in total. The molecular formula is C28H33N6PS. The van der Waals surface area contributed by atoms with Gasteiger partial charge in [0.25, 0.3) is 0 Å². The number of rotatable bonds is 2. The summed E-state index contributed by atoms with van der Waals surface area (Å²) in [6.07, 6.45) is -0.318. The van der Waals surface area contributed by atoms with Crippen molar-refractivity contribution in [2.24, 2.45) is 4.99 Å². The average molecular weight is 517 g/mol. The SMILES string of the molecule is Cc1nn(-c2ccccc2)c2c1P(=S)(N1CCN(C)CC1)/C(=C1/N(C)c3ccccc3C1(C)C)C=N2. The Morgan fingerprint density at radius 1 is 0.917 bits per heavy atom. The molecular weight excluding hydrogens is 483 g/mol. The molecule has 0 bridgehead atoms. The van der Waals surface area contributed by atoms with E-state index in [1.807, 2.05) is 22.9 Å². The summed E-state index contributed by atoms with van der Waals surface area (Å²) in [4.78, 5) is 9.85. The van der Waals surface area contributed by atoms with Gasteiger partial charge in [0, 0.05) is 61.6 Å². The topological polar surface area (TPSA) is 39.9 Å². The van der Waals surface area contributed by atoms with Crippen molar-refractivity contribution in [3.05, 3.63) is 76.9 Å². The highest BCUT2D eigenvalue weighted by Crippen LogP contribution is 2.64. The molecule has 0 saturated carbocycles. The van der Waals surface area contributed by atoms with Gasteiger partial charge in [-0.15, -0.1) is 0 Å². The monoisotopic (exact) mass is 516 g/mol. The van der Waals surface area contributed by atoms with Gasteiger partial charge in [0.15, 0.2) is 5.82 Å². The molecule has 0 radical (unpaired) electrons. The van der Waals surface area contributed by atoms with E-state index in [0.29, 0.717) is 0 Å². The van der Waals surface area contributed by atoms with E-state index in [1.165, 1.54) is 22.3 Å². The molecule has 6 nitrogen and oxygen atoms in total. The zero-order chi connectivity index (χ0) is 25.2. The van der Waals surface area contributed by atoms with Crippen LogP contribution in [-0.4, -0.2) is 65.8 Å². The molecule has 186 valence electrons. The largest absolute Gasteiger partial charge is 0.346 e. The second-order valence-corrected chi connectivity index (χ2v) is 14.8. The Balaban J connectivity index is 1.62. The minimum atomic E-state index is -2.40. The number of aromatic nitrogens is 2. The predicted octanol–water partition coefficient (Wildman–Crippen LogP) is 4.80. The number of hydrogen-bond donors (Lipinski definition) is 0. The first-order valence-electron chi connectivity index (χ1n) is 12.6. The Morgan fingerprint density at radius 3 is 2.28 bits per heavy atom. The molecule has 1 aromatic heterocycles. The third kappa shape index (κ3) is 3.33. The van der Waals surface area contributed by atoms with Crippen LogP contribution >= 0.6 is 6.19 Å². The van der Waals surface area contributed by atoms with Gasteiger partial charge in [-0.05, 0) is 37.7 Å². The van der Waals surface area contributed by atoms with Crippen LogP contribution in [0.2, 0.25) is 0 Å². The summed E-state index contributed by atoms with van der Waals surface area (Å²) < 4.78 is 4.57. The zero-order valence-electron chi connectivity index (χ0n) is 21.6. The molecule has 8 heteroatoms. The zero-order valence-corrected chi connectivity index (χ0v) is 23.4. The third-order valence-corrected chi connectivity index (χ3v) is 13.1. The van der Waals surface area contributed by atoms with Gasteiger partial charge in [-0.25, -0.2) is 9.67 Å². The maximum absolute atomic E-state index is 6.93. The van der Waals surface area contributed by atoms with Gasteiger partial charge in [-0.1, -0.05) is 62.1 Å². The molecule has 1 atom stereocenters. The average Bonchev–Trinajstić information content (AvgIpc) is 3.32. The predicted molar refractivity (Wildman–Crippen MR) is 154 cm³/mol. The van der Waals surface area contributed by atoms with Gasteiger partial charge in [0.05, 0.1) is 22.9 Å². The van der Waals surface area contributed by atoms with Crippen LogP contribution in [-0.2, 0) is 17.2 Å². The summed E-state index contributed by atoms with van der Waals surface area (Å²) in [6.45, 7) is 10.7. The Bertz CT molecular complexity index is 1450. The molecule has 1 saturated heterocycles. The minimum Gasteiger partial charge on any atom is -0.346 e. The van der Waals surface area contributed by atoms with Gasteiger partial charge < -0.3 is 9.80 Å². The van der Waals surface area contributed by atoms with Crippen LogP contribution in [0.3, 0.4) is 0 Å². The lowest BCUT2D eigenvalue weighted by atomic mass is 9.84. The fourth-order valence-corrected chi connectivity index (χ4v) is 11.0. The maximum Gasteiger partial charge on any atom is 0.165 e. The van der Waals surface area contributed by atoms with Crippen molar-refractivity contribution in [1.82, 2.24) is 19.4 Å². The summed E-state index contributed by atoms with van der Waals surface area (Å²) in [7, 11) is 4.38. The number of allylic oxidation sites excluding steroid dienone is 2. The van der Waals surface area contributed by atoms with Crippen molar-refractivity contribution in [3.63, 3.8) is 0 Å². The molecule has 4 heterocycles. The van der Waals surface area contributed by atoms with E-state index in [4.69, 9.17) is 21.9 Å². The van der Waals surface area contributed by atoms with Gasteiger partial charge in [0.1, 0.15) is 0 Å². The third-order valence-electron chi connectivity index (χ3n) is 7.93. The van der Waals surface area contributed by atoms with E-state index in [2.05, 4.69) is 91.9 Å². The van der Waals surface area contributed by atoms with Crippen LogP contribution in [0.5, 0.6) is 0 Å². The highest BCUT2D eigenvalue weighted by Gasteiger charge is 2.47. The Hall–Kier alpha value is -2.57.